The van der Waals surface area contributed by atoms with Gasteiger partial charge in [0.15, 0.2) is 5.76 Å². The number of phenolic OH excluding ortho intramolecular Hbond substituents is 1. The lowest BCUT2D eigenvalue weighted by atomic mass is 10.0. The summed E-state index contributed by atoms with van der Waals surface area (Å²) < 4.78 is 6.01. The van der Waals surface area contributed by atoms with Gasteiger partial charge >= 0.3 is 0 Å². The molecule has 0 aromatic heterocycles. The van der Waals surface area contributed by atoms with E-state index in [0.717, 1.165) is 38.3 Å². The fourth-order valence-electron chi connectivity index (χ4n) is 4.07. The van der Waals surface area contributed by atoms with Crippen molar-refractivity contribution >= 4 is 36.7 Å². The van der Waals surface area contributed by atoms with Gasteiger partial charge in [0.1, 0.15) is 11.5 Å². The van der Waals surface area contributed by atoms with Crippen molar-refractivity contribution in [2.24, 2.45) is 0 Å². The number of benzene rings is 2. The van der Waals surface area contributed by atoms with E-state index in [9.17, 15) is 9.90 Å². The molecule has 32 heavy (non-hydrogen) atoms. The van der Waals surface area contributed by atoms with Crippen molar-refractivity contribution in [3.8, 4) is 11.5 Å². The molecule has 4 rings (SSSR count). The molecular formula is C25H32Cl2N2O3. The number of piperazine rings is 1. The van der Waals surface area contributed by atoms with Crippen LogP contribution in [0.5, 0.6) is 11.5 Å². The second-order valence-corrected chi connectivity index (χ2v) is 8.41. The largest absolute Gasteiger partial charge is 0.507 e. The molecule has 0 bridgehead atoms. The summed E-state index contributed by atoms with van der Waals surface area (Å²) in [6.07, 6.45) is 1.79. The first-order valence-corrected chi connectivity index (χ1v) is 10.8. The number of phenols is 1. The Balaban J connectivity index is 0.00000181. The lowest BCUT2D eigenvalue weighted by Crippen LogP contribution is -2.45. The lowest BCUT2D eigenvalue weighted by molar-refractivity contribution is 0.101. The summed E-state index contributed by atoms with van der Waals surface area (Å²) in [6.45, 7) is 12.0. The van der Waals surface area contributed by atoms with Crippen molar-refractivity contribution in [1.82, 2.24) is 9.80 Å². The number of ether oxygens (including phenoxy) is 1. The number of ketones is 1. The summed E-state index contributed by atoms with van der Waals surface area (Å²) >= 11 is 0. The molecule has 0 radical (unpaired) electrons. The number of aromatic hydroxyl groups is 1. The van der Waals surface area contributed by atoms with Crippen molar-refractivity contribution in [3.05, 3.63) is 64.4 Å². The van der Waals surface area contributed by atoms with Gasteiger partial charge in [-0.25, -0.2) is 0 Å². The molecule has 1 fully saturated rings. The minimum Gasteiger partial charge on any atom is -0.507 e. The van der Waals surface area contributed by atoms with Crippen molar-refractivity contribution in [2.75, 3.05) is 32.7 Å². The van der Waals surface area contributed by atoms with Gasteiger partial charge in [-0.15, -0.1) is 24.8 Å². The standard InChI is InChI=1S/C25H30N2O3.2ClH/c1-4-26-11-13-27(14-12-26)16-21-22(28)10-9-20-24(29)23(30-25(20)21)15-18-5-7-19(8-6-18)17(2)3;;/h5-10,15,17,28H,4,11-14,16H2,1-3H3;2*1H. The monoisotopic (exact) mass is 478 g/mol. The number of allylic oxidation sites excluding steroid dienone is 1. The van der Waals surface area contributed by atoms with E-state index in [0.29, 0.717) is 35.1 Å². The predicted octanol–water partition coefficient (Wildman–Crippen LogP) is 5.11. The topological polar surface area (TPSA) is 53.0 Å². The summed E-state index contributed by atoms with van der Waals surface area (Å²) in [6, 6.07) is 11.4. The molecule has 0 amide bonds. The highest BCUT2D eigenvalue weighted by molar-refractivity contribution is 6.15. The smallest absolute Gasteiger partial charge is 0.231 e. The number of hydrogen-bond donors (Lipinski definition) is 1. The van der Waals surface area contributed by atoms with Gasteiger partial charge in [-0.2, -0.15) is 0 Å². The van der Waals surface area contributed by atoms with Gasteiger partial charge in [0.2, 0.25) is 5.78 Å². The summed E-state index contributed by atoms with van der Waals surface area (Å²) in [5, 5.41) is 10.5. The Bertz CT molecular complexity index is 966. The van der Waals surface area contributed by atoms with Crippen molar-refractivity contribution in [1.29, 1.82) is 0 Å². The summed E-state index contributed by atoms with van der Waals surface area (Å²) in [5.41, 5.74) is 3.41. The SMILES string of the molecule is CCN1CCN(Cc2c(O)ccc3c2OC(=Cc2ccc(C(C)C)cc2)C3=O)CC1.Cl.Cl. The van der Waals surface area contributed by atoms with Gasteiger partial charge in [-0.3, -0.25) is 9.69 Å². The Kier molecular flexibility index (Phi) is 9.17. The quantitative estimate of drug-likeness (QED) is 0.604. The van der Waals surface area contributed by atoms with E-state index in [-0.39, 0.29) is 36.3 Å². The van der Waals surface area contributed by atoms with Crippen molar-refractivity contribution < 1.29 is 14.6 Å². The molecule has 2 aromatic rings. The van der Waals surface area contributed by atoms with Crippen LogP contribution < -0.4 is 4.74 Å². The van der Waals surface area contributed by atoms with Crippen LogP contribution in [0.25, 0.3) is 6.08 Å². The van der Waals surface area contributed by atoms with Crippen LogP contribution in [-0.2, 0) is 6.54 Å². The third-order valence-corrected chi connectivity index (χ3v) is 6.11. The first kappa shape index (κ1) is 26.2. The van der Waals surface area contributed by atoms with Gasteiger partial charge in [0, 0.05) is 32.7 Å². The van der Waals surface area contributed by atoms with E-state index in [1.54, 1.807) is 18.2 Å². The summed E-state index contributed by atoms with van der Waals surface area (Å²) in [4.78, 5) is 17.6. The Morgan fingerprint density at radius 2 is 1.62 bits per heavy atom. The number of carbonyl (C=O) groups excluding carboxylic acids is 1. The van der Waals surface area contributed by atoms with Gasteiger partial charge in [-0.05, 0) is 41.8 Å². The summed E-state index contributed by atoms with van der Waals surface area (Å²) in [5.74, 6) is 1.33. The van der Waals surface area contributed by atoms with E-state index in [4.69, 9.17) is 4.74 Å². The third kappa shape index (κ3) is 5.46. The molecule has 0 aliphatic carbocycles. The van der Waals surface area contributed by atoms with Gasteiger partial charge in [-0.1, -0.05) is 45.0 Å². The van der Waals surface area contributed by atoms with E-state index < -0.39 is 0 Å². The molecule has 0 atom stereocenters. The normalized spacial score (nSPS) is 17.6. The predicted molar refractivity (Wildman–Crippen MR) is 133 cm³/mol. The molecule has 174 valence electrons. The van der Waals surface area contributed by atoms with Crippen LogP contribution >= 0.6 is 24.8 Å². The molecule has 5 nitrogen and oxygen atoms in total. The lowest BCUT2D eigenvalue weighted by Gasteiger charge is -2.34. The van der Waals surface area contributed by atoms with Crippen LogP contribution in [0.1, 0.15) is 53.7 Å². The van der Waals surface area contributed by atoms with Crippen LogP contribution in [0.15, 0.2) is 42.2 Å². The zero-order valence-corrected chi connectivity index (χ0v) is 20.5. The van der Waals surface area contributed by atoms with Crippen LogP contribution in [0.3, 0.4) is 0 Å². The molecule has 1 N–H and O–H groups in total. The van der Waals surface area contributed by atoms with Crippen molar-refractivity contribution in [3.63, 3.8) is 0 Å². The highest BCUT2D eigenvalue weighted by Crippen LogP contribution is 2.40. The number of fused-ring (bicyclic) bond motifs is 1. The number of halogens is 2. The average molecular weight is 479 g/mol. The number of hydrogen-bond acceptors (Lipinski definition) is 5. The molecule has 2 aromatic carbocycles. The Morgan fingerprint density at radius 3 is 2.22 bits per heavy atom. The first-order valence-electron chi connectivity index (χ1n) is 10.8. The molecule has 1 saturated heterocycles. The van der Waals surface area contributed by atoms with Gasteiger partial charge in [0.05, 0.1) is 11.1 Å². The van der Waals surface area contributed by atoms with E-state index in [2.05, 4.69) is 42.7 Å². The summed E-state index contributed by atoms with van der Waals surface area (Å²) in [7, 11) is 0. The fourth-order valence-corrected chi connectivity index (χ4v) is 4.07. The maximum Gasteiger partial charge on any atom is 0.231 e. The highest BCUT2D eigenvalue weighted by Gasteiger charge is 2.32. The fraction of sp³-hybridized carbons (Fsp3) is 0.400. The van der Waals surface area contributed by atoms with Crippen LogP contribution in [0.2, 0.25) is 0 Å². The van der Waals surface area contributed by atoms with E-state index in [1.165, 1.54) is 5.56 Å². The maximum absolute atomic E-state index is 12.9. The number of likely N-dealkylation sites (N-methyl/N-ethyl adjacent to an activating group) is 1. The Labute approximate surface area is 202 Å². The molecule has 0 unspecified atom stereocenters. The number of rotatable bonds is 5. The maximum atomic E-state index is 12.9. The molecule has 0 saturated carbocycles. The minimum atomic E-state index is -0.130. The van der Waals surface area contributed by atoms with E-state index in [1.807, 2.05) is 12.1 Å². The Hall–Kier alpha value is -2.05. The Morgan fingerprint density at radius 1 is 1.00 bits per heavy atom. The van der Waals surface area contributed by atoms with Crippen molar-refractivity contribution in [2.45, 2.75) is 33.2 Å². The molecule has 0 spiro atoms. The zero-order chi connectivity index (χ0) is 21.3. The van der Waals surface area contributed by atoms with Gasteiger partial charge < -0.3 is 14.7 Å². The molecule has 2 heterocycles. The molecule has 2 aliphatic heterocycles. The van der Waals surface area contributed by atoms with Crippen LogP contribution in [0, 0.1) is 0 Å². The molecule has 7 heteroatoms. The number of carbonyl (C=O) groups is 1. The second-order valence-electron chi connectivity index (χ2n) is 8.41. The average Bonchev–Trinajstić information content (AvgIpc) is 3.06. The molecular weight excluding hydrogens is 447 g/mol. The molecule has 2 aliphatic rings. The zero-order valence-electron chi connectivity index (χ0n) is 18.8. The van der Waals surface area contributed by atoms with E-state index >= 15 is 0 Å². The van der Waals surface area contributed by atoms with Crippen LogP contribution in [0.4, 0.5) is 0 Å². The van der Waals surface area contributed by atoms with Gasteiger partial charge in [0.25, 0.3) is 0 Å². The minimum absolute atomic E-state index is 0. The van der Waals surface area contributed by atoms with Crippen LogP contribution in [-0.4, -0.2) is 53.4 Å². The first-order chi connectivity index (χ1) is 14.5. The highest BCUT2D eigenvalue weighted by atomic mass is 35.5. The second kappa shape index (κ2) is 11.2. The number of Topliss-reactive ketones (excluding diaryl/α,β-unsaturated/α-hetero) is 1. The number of nitrogens with zero attached hydrogens (tertiary/aromatic N) is 2. The third-order valence-electron chi connectivity index (χ3n) is 6.11.